The summed E-state index contributed by atoms with van der Waals surface area (Å²) in [6.07, 6.45) is 1.90. The Bertz CT molecular complexity index is 1170. The first-order chi connectivity index (χ1) is 15.4. The van der Waals surface area contributed by atoms with Crippen LogP contribution in [0.4, 0.5) is 5.69 Å². The maximum absolute atomic E-state index is 13.6. The number of carbonyl (C=O) groups is 2. The Kier molecular flexibility index (Phi) is 5.00. The summed E-state index contributed by atoms with van der Waals surface area (Å²) in [5.74, 6) is -0.379. The average Bonchev–Trinajstić information content (AvgIpc) is 3.35. The quantitative estimate of drug-likeness (QED) is 0.664. The molecule has 0 aromatic heterocycles. The number of nitrogens with zero attached hydrogens (tertiary/aromatic N) is 2. The van der Waals surface area contributed by atoms with Crippen molar-refractivity contribution < 1.29 is 22.7 Å². The summed E-state index contributed by atoms with van der Waals surface area (Å²) in [5.41, 5.74) is 1.17. The van der Waals surface area contributed by atoms with E-state index in [0.29, 0.717) is 38.0 Å². The minimum atomic E-state index is -3.75. The first kappa shape index (κ1) is 21.0. The average molecular weight is 455 g/mol. The number of rotatable bonds is 4. The van der Waals surface area contributed by atoms with Crippen molar-refractivity contribution in [3.8, 4) is 0 Å². The fourth-order valence-electron chi connectivity index (χ4n) is 5.80. The molecule has 0 aliphatic carbocycles. The number of ether oxygens (including phenoxy) is 1. The molecule has 7 nitrogen and oxygen atoms in total. The number of para-hydroxylation sites is 1. The van der Waals surface area contributed by atoms with Crippen LogP contribution in [0.5, 0.6) is 0 Å². The summed E-state index contributed by atoms with van der Waals surface area (Å²) >= 11 is 0. The Labute approximate surface area is 188 Å². The molecule has 0 radical (unpaired) electrons. The highest BCUT2D eigenvalue weighted by atomic mass is 32.2. The highest BCUT2D eigenvalue weighted by molar-refractivity contribution is 7.92. The van der Waals surface area contributed by atoms with Crippen LogP contribution in [0.15, 0.2) is 59.5 Å². The van der Waals surface area contributed by atoms with Crippen molar-refractivity contribution in [2.45, 2.75) is 42.0 Å². The van der Waals surface area contributed by atoms with E-state index in [-0.39, 0.29) is 35.2 Å². The predicted octanol–water partition coefficient (Wildman–Crippen LogP) is 2.71. The van der Waals surface area contributed by atoms with Gasteiger partial charge in [0.15, 0.2) is 0 Å². The van der Waals surface area contributed by atoms with Gasteiger partial charge in [-0.1, -0.05) is 36.4 Å². The van der Waals surface area contributed by atoms with Gasteiger partial charge < -0.3 is 9.64 Å². The van der Waals surface area contributed by atoms with Crippen LogP contribution in [0, 0.1) is 5.92 Å². The summed E-state index contributed by atoms with van der Waals surface area (Å²) in [7, 11) is -2.39. The third kappa shape index (κ3) is 3.11. The van der Waals surface area contributed by atoms with Gasteiger partial charge in [0.2, 0.25) is 5.91 Å². The molecule has 1 amide bonds. The number of hydrogen-bond acceptors (Lipinski definition) is 5. The molecule has 0 N–H and O–H groups in total. The normalized spacial score (nSPS) is 26.8. The summed E-state index contributed by atoms with van der Waals surface area (Å²) in [4.78, 5) is 27.0. The monoisotopic (exact) mass is 454 g/mol. The number of piperidine rings is 1. The van der Waals surface area contributed by atoms with Crippen molar-refractivity contribution in [2.24, 2.45) is 5.92 Å². The van der Waals surface area contributed by atoms with Crippen LogP contribution in [0.3, 0.4) is 0 Å². The molecule has 3 heterocycles. The van der Waals surface area contributed by atoms with E-state index in [0.717, 1.165) is 5.56 Å². The van der Waals surface area contributed by atoms with Gasteiger partial charge >= 0.3 is 5.97 Å². The van der Waals surface area contributed by atoms with Gasteiger partial charge in [-0.15, -0.1) is 0 Å². The molecule has 3 atom stereocenters. The molecule has 5 rings (SSSR count). The lowest BCUT2D eigenvalue weighted by Gasteiger charge is -2.41. The summed E-state index contributed by atoms with van der Waals surface area (Å²) in [6, 6.07) is 15.9. The number of anilines is 1. The van der Waals surface area contributed by atoms with Crippen LogP contribution >= 0.6 is 0 Å². The third-order valence-corrected chi connectivity index (χ3v) is 9.08. The molecule has 0 bridgehead atoms. The first-order valence-electron chi connectivity index (χ1n) is 10.9. The molecule has 168 valence electrons. The maximum atomic E-state index is 13.6. The Hall–Kier alpha value is -2.87. The Morgan fingerprint density at radius 1 is 1.12 bits per heavy atom. The van der Waals surface area contributed by atoms with Crippen LogP contribution in [-0.4, -0.2) is 51.4 Å². The maximum Gasteiger partial charge on any atom is 0.305 e. The van der Waals surface area contributed by atoms with Crippen LogP contribution in [0.25, 0.3) is 0 Å². The van der Waals surface area contributed by atoms with E-state index in [9.17, 15) is 18.0 Å². The van der Waals surface area contributed by atoms with Crippen LogP contribution in [0.1, 0.15) is 31.2 Å². The van der Waals surface area contributed by atoms with Gasteiger partial charge in [-0.2, -0.15) is 0 Å². The van der Waals surface area contributed by atoms with Gasteiger partial charge in [0, 0.05) is 37.4 Å². The molecule has 2 saturated heterocycles. The van der Waals surface area contributed by atoms with E-state index in [1.165, 1.54) is 11.4 Å². The van der Waals surface area contributed by atoms with Crippen molar-refractivity contribution in [3.05, 3.63) is 60.2 Å². The molecule has 2 aromatic rings. The molecule has 1 spiro atoms. The highest BCUT2D eigenvalue weighted by Gasteiger charge is 2.58. The van der Waals surface area contributed by atoms with Crippen LogP contribution in [0.2, 0.25) is 0 Å². The molecule has 2 aromatic carbocycles. The molecule has 3 aliphatic heterocycles. The second-order valence-electron chi connectivity index (χ2n) is 8.94. The fourth-order valence-corrected chi connectivity index (χ4v) is 7.38. The van der Waals surface area contributed by atoms with Gasteiger partial charge in [-0.25, -0.2) is 8.42 Å². The highest BCUT2D eigenvalue weighted by Crippen LogP contribution is 2.54. The van der Waals surface area contributed by atoms with Crippen molar-refractivity contribution in [1.82, 2.24) is 4.90 Å². The van der Waals surface area contributed by atoms with E-state index in [2.05, 4.69) is 0 Å². The van der Waals surface area contributed by atoms with Crippen molar-refractivity contribution in [2.75, 3.05) is 24.5 Å². The van der Waals surface area contributed by atoms with Crippen LogP contribution < -0.4 is 4.31 Å². The zero-order chi connectivity index (χ0) is 22.5. The fraction of sp³-hybridized carbons (Fsp3) is 0.417. The second-order valence-corrected chi connectivity index (χ2v) is 10.8. The number of benzene rings is 2. The number of amides is 1. The number of fused-ring (bicyclic) bond motifs is 4. The lowest BCUT2D eigenvalue weighted by Crippen LogP contribution is -2.52. The summed E-state index contributed by atoms with van der Waals surface area (Å²) in [5, 5.41) is 0. The summed E-state index contributed by atoms with van der Waals surface area (Å²) in [6.45, 7) is 0.894. The lowest BCUT2D eigenvalue weighted by molar-refractivity contribution is -0.144. The Morgan fingerprint density at radius 3 is 2.59 bits per heavy atom. The van der Waals surface area contributed by atoms with Gasteiger partial charge in [0.25, 0.3) is 10.0 Å². The number of methoxy groups -OCH3 is 1. The Morgan fingerprint density at radius 2 is 1.84 bits per heavy atom. The largest absolute Gasteiger partial charge is 0.469 e. The van der Waals surface area contributed by atoms with E-state index >= 15 is 0 Å². The van der Waals surface area contributed by atoms with Crippen molar-refractivity contribution in [1.29, 1.82) is 0 Å². The third-order valence-electron chi connectivity index (χ3n) is 7.30. The zero-order valence-electron chi connectivity index (χ0n) is 17.9. The minimum absolute atomic E-state index is 0.0360. The molecule has 0 unspecified atom stereocenters. The standard InChI is InChI=1S/C24H26N2O5S/c1-31-23(28)15-17-13-21-24(11-12-25(21)22(27)14-17)16-26(20-10-6-5-9-19(20)24)32(29,30)18-7-3-2-4-8-18/h2-10,17,21H,11-16H2,1H3/t17-,21-,24-/m1/s1. The minimum Gasteiger partial charge on any atom is -0.469 e. The first-order valence-corrected chi connectivity index (χ1v) is 12.3. The topological polar surface area (TPSA) is 84.0 Å². The van der Waals surface area contributed by atoms with Gasteiger partial charge in [-0.05, 0) is 42.5 Å². The number of sulfonamides is 1. The summed E-state index contributed by atoms with van der Waals surface area (Å²) < 4.78 is 33.5. The van der Waals surface area contributed by atoms with Gasteiger partial charge in [0.05, 0.1) is 17.7 Å². The molecule has 3 aliphatic rings. The lowest BCUT2D eigenvalue weighted by atomic mass is 9.71. The molecule has 2 fully saturated rings. The van der Waals surface area contributed by atoms with E-state index in [1.54, 1.807) is 30.3 Å². The predicted molar refractivity (Wildman–Crippen MR) is 119 cm³/mol. The van der Waals surface area contributed by atoms with E-state index < -0.39 is 15.4 Å². The molecule has 32 heavy (non-hydrogen) atoms. The van der Waals surface area contributed by atoms with E-state index in [1.807, 2.05) is 29.2 Å². The van der Waals surface area contributed by atoms with E-state index in [4.69, 9.17) is 4.74 Å². The molecular formula is C24H26N2O5S. The number of hydrogen-bond donors (Lipinski definition) is 0. The molecule has 8 heteroatoms. The van der Waals surface area contributed by atoms with Crippen molar-refractivity contribution >= 4 is 27.6 Å². The Balaban J connectivity index is 1.55. The number of carbonyl (C=O) groups excluding carboxylic acids is 2. The zero-order valence-corrected chi connectivity index (χ0v) is 18.8. The van der Waals surface area contributed by atoms with Gasteiger partial charge in [-0.3, -0.25) is 13.9 Å². The van der Waals surface area contributed by atoms with Crippen molar-refractivity contribution in [3.63, 3.8) is 0 Å². The van der Waals surface area contributed by atoms with Crippen LogP contribution in [-0.2, 0) is 29.8 Å². The SMILES string of the molecule is COC(=O)C[C@H]1CC(=O)N2CC[C@]3(CN(S(=O)(=O)c4ccccc4)c4ccccc43)[C@H]2C1. The van der Waals surface area contributed by atoms with Gasteiger partial charge in [0.1, 0.15) is 0 Å². The second kappa shape index (κ2) is 7.62. The molecular weight excluding hydrogens is 428 g/mol. The number of esters is 1. The smallest absolute Gasteiger partial charge is 0.305 e. The molecule has 0 saturated carbocycles.